The third-order valence-electron chi connectivity index (χ3n) is 1.42. The van der Waals surface area contributed by atoms with Crippen molar-refractivity contribution >= 4 is 23.4 Å². The number of nitrogens with zero attached hydrogens (tertiary/aromatic N) is 2. The van der Waals surface area contributed by atoms with Gasteiger partial charge < -0.3 is 10.4 Å². The van der Waals surface area contributed by atoms with E-state index >= 15 is 0 Å². The molecule has 0 fully saturated rings. The van der Waals surface area contributed by atoms with Gasteiger partial charge in [-0.1, -0.05) is 11.6 Å². The number of nitrogens with one attached hydrogen (secondary N) is 1. The van der Waals surface area contributed by atoms with Crippen molar-refractivity contribution in [1.29, 1.82) is 0 Å². The number of hydrogen-bond donors (Lipinski definition) is 2. The van der Waals surface area contributed by atoms with E-state index in [9.17, 15) is 4.79 Å². The van der Waals surface area contributed by atoms with Gasteiger partial charge in [-0.25, -0.2) is 14.8 Å². The van der Waals surface area contributed by atoms with E-state index in [0.29, 0.717) is 5.82 Å². The fourth-order valence-electron chi connectivity index (χ4n) is 0.893. The summed E-state index contributed by atoms with van der Waals surface area (Å²) in [6, 6.07) is 0.129. The molecule has 0 saturated carbocycles. The smallest absolute Gasteiger partial charge is 0.356 e. The van der Waals surface area contributed by atoms with Crippen molar-refractivity contribution in [3.8, 4) is 0 Å². The molecule has 0 spiro atoms. The molecule has 1 aromatic rings. The lowest BCUT2D eigenvalue weighted by Crippen LogP contribution is -2.13. The fourth-order valence-corrected chi connectivity index (χ4v) is 1.13. The van der Waals surface area contributed by atoms with Crippen molar-refractivity contribution in [2.45, 2.75) is 19.9 Å². The number of aromatic carboxylic acids is 1. The number of halogens is 1. The Bertz CT molecular complexity index is 354. The number of aromatic nitrogens is 2. The second kappa shape index (κ2) is 4.23. The van der Waals surface area contributed by atoms with Crippen LogP contribution in [0, 0.1) is 0 Å². The number of rotatable bonds is 3. The first kappa shape index (κ1) is 10.7. The van der Waals surface area contributed by atoms with Gasteiger partial charge >= 0.3 is 5.97 Å². The van der Waals surface area contributed by atoms with E-state index in [1.165, 1.54) is 6.33 Å². The van der Waals surface area contributed by atoms with Gasteiger partial charge in [-0.05, 0) is 13.8 Å². The van der Waals surface area contributed by atoms with Crippen LogP contribution in [0.4, 0.5) is 5.82 Å². The molecule has 6 heteroatoms. The lowest BCUT2D eigenvalue weighted by molar-refractivity contribution is 0.0690. The van der Waals surface area contributed by atoms with Crippen LogP contribution in [0.1, 0.15) is 24.3 Å². The number of hydrogen-bond acceptors (Lipinski definition) is 4. The van der Waals surface area contributed by atoms with Gasteiger partial charge in [0.2, 0.25) is 0 Å². The predicted octanol–water partition coefficient (Wildman–Crippen LogP) is 1.65. The molecule has 1 rings (SSSR count). The molecule has 1 aromatic heterocycles. The predicted molar refractivity (Wildman–Crippen MR) is 52.8 cm³/mol. The zero-order chi connectivity index (χ0) is 10.7. The van der Waals surface area contributed by atoms with Gasteiger partial charge in [0.15, 0.2) is 5.69 Å². The van der Waals surface area contributed by atoms with Gasteiger partial charge in [-0.2, -0.15) is 0 Å². The molecule has 0 aliphatic rings. The maximum Gasteiger partial charge on any atom is 0.356 e. The summed E-state index contributed by atoms with van der Waals surface area (Å²) in [4.78, 5) is 18.1. The van der Waals surface area contributed by atoms with Gasteiger partial charge in [-0.3, -0.25) is 0 Å². The minimum atomic E-state index is -1.16. The summed E-state index contributed by atoms with van der Waals surface area (Å²) < 4.78 is 0. The minimum Gasteiger partial charge on any atom is -0.476 e. The summed E-state index contributed by atoms with van der Waals surface area (Å²) in [7, 11) is 0. The average Bonchev–Trinajstić information content (AvgIpc) is 2.07. The Kier molecular flexibility index (Phi) is 3.24. The van der Waals surface area contributed by atoms with Crippen molar-refractivity contribution in [2.24, 2.45) is 0 Å². The zero-order valence-corrected chi connectivity index (χ0v) is 8.54. The van der Waals surface area contributed by atoms with E-state index in [1.54, 1.807) is 0 Å². The van der Waals surface area contributed by atoms with Gasteiger partial charge in [0.05, 0.1) is 0 Å². The van der Waals surface area contributed by atoms with E-state index in [1.807, 2.05) is 13.8 Å². The maximum absolute atomic E-state index is 10.7. The molecule has 0 amide bonds. The van der Waals surface area contributed by atoms with E-state index in [4.69, 9.17) is 16.7 Å². The van der Waals surface area contributed by atoms with Crippen LogP contribution in [0.15, 0.2) is 6.33 Å². The zero-order valence-electron chi connectivity index (χ0n) is 7.78. The molecule has 0 aromatic carbocycles. The Balaban J connectivity index is 3.07. The average molecular weight is 216 g/mol. The molecule has 1 heterocycles. The van der Waals surface area contributed by atoms with E-state index in [0.717, 1.165) is 0 Å². The van der Waals surface area contributed by atoms with Crippen molar-refractivity contribution in [3.63, 3.8) is 0 Å². The largest absolute Gasteiger partial charge is 0.476 e. The van der Waals surface area contributed by atoms with Crippen molar-refractivity contribution < 1.29 is 9.90 Å². The topological polar surface area (TPSA) is 75.1 Å². The van der Waals surface area contributed by atoms with Crippen molar-refractivity contribution in [3.05, 3.63) is 17.0 Å². The molecule has 0 aliphatic carbocycles. The van der Waals surface area contributed by atoms with E-state index in [-0.39, 0.29) is 16.8 Å². The lowest BCUT2D eigenvalue weighted by Gasteiger charge is -2.10. The van der Waals surface area contributed by atoms with Crippen LogP contribution in [0.25, 0.3) is 0 Å². The second-order valence-corrected chi connectivity index (χ2v) is 3.37. The number of carboxylic acids is 1. The number of carboxylic acid groups (broad SMARTS) is 1. The summed E-state index contributed by atoms with van der Waals surface area (Å²) in [6.07, 6.45) is 1.17. The van der Waals surface area contributed by atoms with Crippen LogP contribution < -0.4 is 5.32 Å². The SMILES string of the molecule is CC(C)Nc1ncnc(C(=O)O)c1Cl. The summed E-state index contributed by atoms with van der Waals surface area (Å²) in [5.41, 5.74) is -0.190. The molecule has 0 bridgehead atoms. The summed E-state index contributed by atoms with van der Waals surface area (Å²) in [5.74, 6) is -0.821. The maximum atomic E-state index is 10.7. The highest BCUT2D eigenvalue weighted by molar-refractivity contribution is 6.35. The molecular weight excluding hydrogens is 206 g/mol. The Morgan fingerprint density at radius 1 is 1.57 bits per heavy atom. The molecular formula is C8H10ClN3O2. The number of carbonyl (C=O) groups is 1. The molecule has 0 aliphatic heterocycles. The molecule has 0 saturated heterocycles. The lowest BCUT2D eigenvalue weighted by atomic mass is 10.3. The molecule has 0 radical (unpaired) electrons. The molecule has 0 atom stereocenters. The highest BCUT2D eigenvalue weighted by atomic mass is 35.5. The van der Waals surface area contributed by atoms with Crippen molar-refractivity contribution in [2.75, 3.05) is 5.32 Å². The van der Waals surface area contributed by atoms with Crippen LogP contribution in [0.3, 0.4) is 0 Å². The Morgan fingerprint density at radius 2 is 2.21 bits per heavy atom. The monoisotopic (exact) mass is 215 g/mol. The number of anilines is 1. The fraction of sp³-hybridized carbons (Fsp3) is 0.375. The summed E-state index contributed by atoms with van der Waals surface area (Å²) in [5, 5.41) is 11.7. The van der Waals surface area contributed by atoms with E-state index in [2.05, 4.69) is 15.3 Å². The normalized spacial score (nSPS) is 10.3. The van der Waals surface area contributed by atoms with Gasteiger partial charge in [0, 0.05) is 6.04 Å². The van der Waals surface area contributed by atoms with Crippen LogP contribution in [-0.2, 0) is 0 Å². The van der Waals surface area contributed by atoms with Gasteiger partial charge in [0.1, 0.15) is 17.2 Å². The first-order valence-electron chi connectivity index (χ1n) is 4.02. The van der Waals surface area contributed by atoms with Crippen LogP contribution in [-0.4, -0.2) is 27.1 Å². The highest BCUT2D eigenvalue weighted by Crippen LogP contribution is 2.21. The Hall–Kier alpha value is -1.36. The van der Waals surface area contributed by atoms with Crippen molar-refractivity contribution in [1.82, 2.24) is 9.97 Å². The Labute approximate surface area is 86.1 Å². The van der Waals surface area contributed by atoms with Crippen LogP contribution in [0.2, 0.25) is 5.02 Å². The second-order valence-electron chi connectivity index (χ2n) is 2.99. The minimum absolute atomic E-state index is 0.0358. The standard InChI is InChI=1S/C8H10ClN3O2/c1-4(2)12-7-5(9)6(8(13)14)10-3-11-7/h3-4H,1-2H3,(H,13,14)(H,10,11,12). The summed E-state index contributed by atoms with van der Waals surface area (Å²) >= 11 is 5.78. The molecule has 5 nitrogen and oxygen atoms in total. The molecule has 76 valence electrons. The van der Waals surface area contributed by atoms with Crippen LogP contribution in [0.5, 0.6) is 0 Å². The van der Waals surface area contributed by atoms with E-state index < -0.39 is 5.97 Å². The van der Waals surface area contributed by atoms with Crippen LogP contribution >= 0.6 is 11.6 Å². The first-order valence-corrected chi connectivity index (χ1v) is 4.40. The molecule has 2 N–H and O–H groups in total. The Morgan fingerprint density at radius 3 is 2.71 bits per heavy atom. The quantitative estimate of drug-likeness (QED) is 0.802. The third-order valence-corrected chi connectivity index (χ3v) is 1.78. The molecule has 14 heavy (non-hydrogen) atoms. The first-order chi connectivity index (χ1) is 6.52. The highest BCUT2D eigenvalue weighted by Gasteiger charge is 2.15. The third kappa shape index (κ3) is 2.32. The molecule has 0 unspecified atom stereocenters. The van der Waals surface area contributed by atoms with Gasteiger partial charge in [-0.15, -0.1) is 0 Å². The van der Waals surface area contributed by atoms with Gasteiger partial charge in [0.25, 0.3) is 0 Å². The summed E-state index contributed by atoms with van der Waals surface area (Å²) in [6.45, 7) is 3.80.